The monoisotopic (exact) mass is 214 g/mol. The zero-order valence-corrected chi connectivity index (χ0v) is 9.70. The topological polar surface area (TPSA) is 26.3 Å². The molecule has 1 aromatic carbocycles. The second-order valence-corrected chi connectivity index (χ2v) is 3.59. The summed E-state index contributed by atoms with van der Waals surface area (Å²) in [5.41, 5.74) is 3.17. The molecule has 0 spiro atoms. The lowest BCUT2D eigenvalue weighted by molar-refractivity contribution is -0.133. The summed E-state index contributed by atoms with van der Waals surface area (Å²) in [5.74, 6) is 4.59. The van der Waals surface area contributed by atoms with E-state index in [1.54, 1.807) is 0 Å². The Morgan fingerprint density at radius 3 is 2.38 bits per heavy atom. The second-order valence-electron chi connectivity index (χ2n) is 3.59. The minimum absolute atomic E-state index is 0.520. The van der Waals surface area contributed by atoms with Crippen molar-refractivity contribution in [3.63, 3.8) is 0 Å². The minimum atomic E-state index is -0.520. The van der Waals surface area contributed by atoms with Crippen LogP contribution in [0.5, 0.6) is 0 Å². The summed E-state index contributed by atoms with van der Waals surface area (Å²) >= 11 is 0. The lowest BCUT2D eigenvalue weighted by Crippen LogP contribution is -1.94. The molecule has 0 bridgehead atoms. The van der Waals surface area contributed by atoms with Crippen LogP contribution in [0.3, 0.4) is 0 Å². The van der Waals surface area contributed by atoms with Gasteiger partial charge in [0.15, 0.2) is 0 Å². The van der Waals surface area contributed by atoms with E-state index in [1.807, 2.05) is 38.1 Å². The van der Waals surface area contributed by atoms with E-state index in [1.165, 1.54) is 12.7 Å². The van der Waals surface area contributed by atoms with Gasteiger partial charge in [-0.25, -0.2) is 4.79 Å². The Balaban J connectivity index is 2.82. The molecular formula is C14H14O2. The summed E-state index contributed by atoms with van der Waals surface area (Å²) in [6.45, 7) is 4.09. The number of hydrogen-bond donors (Lipinski definition) is 0. The smallest absolute Gasteiger partial charge is 0.384 e. The van der Waals surface area contributed by atoms with Crippen molar-refractivity contribution in [3.05, 3.63) is 41.0 Å². The minimum Gasteiger partial charge on any atom is -0.459 e. The van der Waals surface area contributed by atoms with Crippen molar-refractivity contribution in [2.45, 2.75) is 13.8 Å². The van der Waals surface area contributed by atoms with Crippen molar-refractivity contribution >= 4 is 12.0 Å². The van der Waals surface area contributed by atoms with Gasteiger partial charge in [0, 0.05) is 11.5 Å². The van der Waals surface area contributed by atoms with Crippen LogP contribution in [0.2, 0.25) is 0 Å². The number of hydrogen-bond acceptors (Lipinski definition) is 2. The summed E-state index contributed by atoms with van der Waals surface area (Å²) in [7, 11) is 1.31. The fraction of sp³-hybridized carbons (Fsp3) is 0.214. The van der Waals surface area contributed by atoms with Gasteiger partial charge in [-0.15, -0.1) is 0 Å². The predicted octanol–water partition coefficient (Wildman–Crippen LogP) is 2.63. The number of allylic oxidation sites excluding steroid dienone is 1. The molecule has 0 saturated carbocycles. The summed E-state index contributed by atoms with van der Waals surface area (Å²) in [4.78, 5) is 10.8. The fourth-order valence-electron chi connectivity index (χ4n) is 1.17. The molecule has 0 aliphatic carbocycles. The molecule has 0 aromatic heterocycles. The Hall–Kier alpha value is -2.01. The maximum atomic E-state index is 10.8. The number of benzene rings is 1. The van der Waals surface area contributed by atoms with E-state index in [-0.39, 0.29) is 0 Å². The van der Waals surface area contributed by atoms with Crippen molar-refractivity contribution in [2.24, 2.45) is 0 Å². The molecule has 1 aromatic rings. The van der Waals surface area contributed by atoms with Gasteiger partial charge in [0.1, 0.15) is 0 Å². The van der Waals surface area contributed by atoms with E-state index in [2.05, 4.69) is 22.7 Å². The maximum Gasteiger partial charge on any atom is 0.384 e. The molecule has 82 valence electrons. The normalized spacial score (nSPS) is 8.69. The first-order valence-electron chi connectivity index (χ1n) is 4.97. The molecule has 0 aliphatic heterocycles. The fourth-order valence-corrected chi connectivity index (χ4v) is 1.17. The molecule has 0 aliphatic rings. The summed E-state index contributed by atoms with van der Waals surface area (Å²) in [6.07, 6.45) is 2.08. The number of rotatable bonds is 1. The molecule has 0 unspecified atom stereocenters. The van der Waals surface area contributed by atoms with Gasteiger partial charge in [0.25, 0.3) is 0 Å². The van der Waals surface area contributed by atoms with Crippen molar-refractivity contribution in [2.75, 3.05) is 7.11 Å². The quantitative estimate of drug-likeness (QED) is 0.530. The summed E-state index contributed by atoms with van der Waals surface area (Å²) < 4.78 is 4.43. The third kappa shape index (κ3) is 4.02. The summed E-state index contributed by atoms with van der Waals surface area (Å²) in [6, 6.07) is 7.69. The van der Waals surface area contributed by atoms with Crippen LogP contribution in [-0.4, -0.2) is 13.1 Å². The molecule has 0 radical (unpaired) electrons. The first kappa shape index (κ1) is 12.1. The lowest BCUT2D eigenvalue weighted by Gasteiger charge is -1.95. The molecule has 0 amide bonds. The van der Waals surface area contributed by atoms with Gasteiger partial charge in [-0.3, -0.25) is 0 Å². The Kier molecular flexibility index (Phi) is 4.35. The van der Waals surface area contributed by atoms with Crippen LogP contribution in [0.4, 0.5) is 0 Å². The SMILES string of the molecule is COC(=O)C#Cc1ccc(C=C(C)C)cc1. The van der Waals surface area contributed by atoms with Gasteiger partial charge in [-0.2, -0.15) is 0 Å². The predicted molar refractivity (Wildman–Crippen MR) is 64.7 cm³/mol. The molecule has 1 rings (SSSR count). The van der Waals surface area contributed by atoms with E-state index in [0.717, 1.165) is 11.1 Å². The first-order valence-corrected chi connectivity index (χ1v) is 4.97. The second kappa shape index (κ2) is 5.77. The van der Waals surface area contributed by atoms with Crippen molar-refractivity contribution in [3.8, 4) is 11.8 Å². The van der Waals surface area contributed by atoms with E-state index in [4.69, 9.17) is 0 Å². The standard InChI is InChI=1S/C14H14O2/c1-11(2)10-13-6-4-12(5-7-13)8-9-14(15)16-3/h4-7,10H,1-3H3. The highest BCUT2D eigenvalue weighted by Crippen LogP contribution is 2.07. The van der Waals surface area contributed by atoms with Crippen LogP contribution in [0.1, 0.15) is 25.0 Å². The Bertz CT molecular complexity index is 452. The molecule has 16 heavy (non-hydrogen) atoms. The van der Waals surface area contributed by atoms with Crippen LogP contribution in [0.15, 0.2) is 29.8 Å². The number of methoxy groups -OCH3 is 1. The van der Waals surface area contributed by atoms with Crippen molar-refractivity contribution in [1.29, 1.82) is 0 Å². The van der Waals surface area contributed by atoms with Crippen LogP contribution in [0, 0.1) is 11.8 Å². The summed E-state index contributed by atoms with van der Waals surface area (Å²) in [5, 5.41) is 0. The average molecular weight is 214 g/mol. The largest absolute Gasteiger partial charge is 0.459 e. The zero-order valence-electron chi connectivity index (χ0n) is 9.70. The van der Waals surface area contributed by atoms with Crippen LogP contribution >= 0.6 is 0 Å². The third-order valence-electron chi connectivity index (χ3n) is 1.86. The van der Waals surface area contributed by atoms with Crippen LogP contribution in [-0.2, 0) is 9.53 Å². The molecular weight excluding hydrogens is 200 g/mol. The van der Waals surface area contributed by atoms with Crippen molar-refractivity contribution < 1.29 is 9.53 Å². The number of esters is 1. The van der Waals surface area contributed by atoms with E-state index in [9.17, 15) is 4.79 Å². The Morgan fingerprint density at radius 1 is 1.25 bits per heavy atom. The van der Waals surface area contributed by atoms with Gasteiger partial charge in [-0.1, -0.05) is 29.7 Å². The van der Waals surface area contributed by atoms with Gasteiger partial charge in [-0.05, 0) is 31.5 Å². The number of ether oxygens (including phenoxy) is 1. The van der Waals surface area contributed by atoms with E-state index in [0.29, 0.717) is 0 Å². The molecule has 0 fully saturated rings. The Labute approximate surface area is 95.9 Å². The third-order valence-corrected chi connectivity index (χ3v) is 1.86. The maximum absolute atomic E-state index is 10.8. The number of carbonyl (C=O) groups is 1. The van der Waals surface area contributed by atoms with Crippen molar-refractivity contribution in [1.82, 2.24) is 0 Å². The van der Waals surface area contributed by atoms with E-state index >= 15 is 0 Å². The highest BCUT2D eigenvalue weighted by atomic mass is 16.5. The molecule has 0 saturated heterocycles. The van der Waals surface area contributed by atoms with E-state index < -0.39 is 5.97 Å². The molecule has 2 heteroatoms. The highest BCUT2D eigenvalue weighted by molar-refractivity contribution is 5.89. The zero-order chi connectivity index (χ0) is 12.0. The Morgan fingerprint density at radius 2 is 1.88 bits per heavy atom. The van der Waals surface area contributed by atoms with Crippen LogP contribution < -0.4 is 0 Å². The van der Waals surface area contributed by atoms with Gasteiger partial charge < -0.3 is 4.74 Å². The molecule has 0 N–H and O–H groups in total. The lowest BCUT2D eigenvalue weighted by atomic mass is 10.1. The number of carbonyl (C=O) groups excluding carboxylic acids is 1. The van der Waals surface area contributed by atoms with Gasteiger partial charge >= 0.3 is 5.97 Å². The van der Waals surface area contributed by atoms with Gasteiger partial charge in [0.2, 0.25) is 0 Å². The van der Waals surface area contributed by atoms with Crippen LogP contribution in [0.25, 0.3) is 6.08 Å². The molecule has 0 heterocycles. The van der Waals surface area contributed by atoms with Gasteiger partial charge in [0.05, 0.1) is 7.11 Å². The molecule has 2 nitrogen and oxygen atoms in total. The first-order chi connectivity index (χ1) is 7.61. The molecule has 0 atom stereocenters. The highest BCUT2D eigenvalue weighted by Gasteiger charge is 1.91. The average Bonchev–Trinajstić information content (AvgIpc) is 2.27.